The van der Waals surface area contributed by atoms with Crippen LogP contribution < -0.4 is 11.4 Å². The van der Waals surface area contributed by atoms with Crippen molar-refractivity contribution in [1.29, 1.82) is 5.26 Å². The average molecular weight is 304 g/mol. The summed E-state index contributed by atoms with van der Waals surface area (Å²) < 4.78 is 4.40. The second-order valence-corrected chi connectivity index (χ2v) is 7.68. The predicted octanol–water partition coefficient (Wildman–Crippen LogP) is 0.326. The molecule has 0 spiro atoms. The summed E-state index contributed by atoms with van der Waals surface area (Å²) in [5.41, 5.74) is -0.797. The lowest BCUT2D eigenvalue weighted by molar-refractivity contribution is -0.473. The third-order valence-corrected chi connectivity index (χ3v) is 7.60. The number of hydrogen-bond donors (Lipinski definition) is 0. The highest BCUT2D eigenvalue weighted by Gasteiger charge is 2.96. The minimum atomic E-state index is -0.750. The molecule has 0 radical (unpaired) electrons. The van der Waals surface area contributed by atoms with Gasteiger partial charge in [-0.25, -0.2) is 23.5 Å². The smallest absolute Gasteiger partial charge is 0.245 e. The van der Waals surface area contributed by atoms with Crippen LogP contribution in [0.5, 0.6) is 0 Å². The van der Waals surface area contributed by atoms with E-state index < -0.39 is 5.54 Å². The van der Waals surface area contributed by atoms with Crippen LogP contribution in [0.1, 0.15) is 6.04 Å². The Morgan fingerprint density at radius 2 is 1.65 bits per heavy atom. The Hall–Kier alpha value is -2.55. The summed E-state index contributed by atoms with van der Waals surface area (Å²) in [5.74, 6) is 2.91. The van der Waals surface area contributed by atoms with Gasteiger partial charge in [0.25, 0.3) is 0 Å². The lowest BCUT2D eigenvalue weighted by atomic mass is 9.13. The van der Waals surface area contributed by atoms with E-state index in [-0.39, 0.29) is 17.4 Å². The third kappa shape index (κ3) is 0.724. The molecular formula is C17H12N4O2. The molecule has 6 aliphatic rings. The van der Waals surface area contributed by atoms with Crippen LogP contribution >= 0.6 is 0 Å². The van der Waals surface area contributed by atoms with Gasteiger partial charge >= 0.3 is 11.4 Å². The molecule has 4 aliphatic carbocycles. The van der Waals surface area contributed by atoms with Crippen molar-refractivity contribution in [3.63, 3.8) is 0 Å². The highest BCUT2D eigenvalue weighted by Crippen LogP contribution is 2.93. The predicted molar refractivity (Wildman–Crippen MR) is 77.9 cm³/mol. The van der Waals surface area contributed by atoms with Crippen LogP contribution in [-0.2, 0) is 5.54 Å². The molecule has 6 nitrogen and oxygen atoms in total. The Bertz CT molecular complexity index is 1060. The topological polar surface area (TPSA) is 72.7 Å². The molecule has 8 atom stereocenters. The van der Waals surface area contributed by atoms with E-state index in [1.54, 1.807) is 16.8 Å². The van der Waals surface area contributed by atoms with Crippen molar-refractivity contribution in [2.45, 2.75) is 11.6 Å². The van der Waals surface area contributed by atoms with E-state index in [0.717, 1.165) is 5.92 Å². The molecule has 6 heteroatoms. The van der Waals surface area contributed by atoms with Crippen LogP contribution in [0, 0.1) is 46.8 Å². The van der Waals surface area contributed by atoms with Gasteiger partial charge in [0.2, 0.25) is 0 Å². The van der Waals surface area contributed by atoms with Crippen LogP contribution in [0.25, 0.3) is 5.69 Å². The molecular weight excluding hydrogens is 292 g/mol. The van der Waals surface area contributed by atoms with Crippen LogP contribution in [0.2, 0.25) is 0 Å². The molecule has 8 rings (SSSR count). The molecule has 2 aliphatic heterocycles. The van der Waals surface area contributed by atoms with Crippen molar-refractivity contribution in [2.24, 2.45) is 35.5 Å². The number of aromatic nitrogens is 3. The van der Waals surface area contributed by atoms with Crippen LogP contribution in [0.15, 0.2) is 39.9 Å². The molecule has 4 saturated carbocycles. The minimum Gasteiger partial charge on any atom is -0.245 e. The van der Waals surface area contributed by atoms with E-state index in [1.165, 1.54) is 9.25 Å². The monoisotopic (exact) mass is 304 g/mol. The van der Waals surface area contributed by atoms with Gasteiger partial charge in [-0.05, 0) is 35.8 Å². The summed E-state index contributed by atoms with van der Waals surface area (Å²) in [6.45, 7) is 0. The summed E-state index contributed by atoms with van der Waals surface area (Å²) in [7, 11) is 0. The molecule has 0 N–H and O–H groups in total. The Kier molecular flexibility index (Phi) is 1.36. The molecule has 2 bridgehead atoms. The summed E-state index contributed by atoms with van der Waals surface area (Å²) in [6, 6.07) is 11.6. The first-order valence-electron chi connectivity index (χ1n) is 8.17. The lowest BCUT2D eigenvalue weighted by Crippen LogP contribution is -2.97. The Labute approximate surface area is 130 Å². The molecule has 4 unspecified atom stereocenters. The fraction of sp³-hybridized carbons (Fsp3) is 0.471. The molecule has 4 fully saturated rings. The van der Waals surface area contributed by atoms with Crippen molar-refractivity contribution < 1.29 is 0 Å². The maximum atomic E-state index is 13.0. The zero-order chi connectivity index (χ0) is 15.2. The molecule has 112 valence electrons. The summed E-state index contributed by atoms with van der Waals surface area (Å²) in [5, 5.41) is 9.92. The summed E-state index contributed by atoms with van der Waals surface area (Å²) in [6.07, 6.45) is 0. The van der Waals surface area contributed by atoms with E-state index in [4.69, 9.17) is 0 Å². The van der Waals surface area contributed by atoms with Crippen molar-refractivity contribution in [2.75, 3.05) is 0 Å². The minimum absolute atomic E-state index is 0.153. The molecule has 0 amide bonds. The molecule has 0 saturated heterocycles. The van der Waals surface area contributed by atoms with Crippen LogP contribution in [0.3, 0.4) is 0 Å². The first kappa shape index (κ1) is 11.1. The number of rotatable bonds is 1. The number of benzene rings is 1. The average Bonchev–Trinajstić information content (AvgIpc) is 2.80. The number of nitriles is 1. The van der Waals surface area contributed by atoms with E-state index in [9.17, 15) is 14.9 Å². The van der Waals surface area contributed by atoms with E-state index in [2.05, 4.69) is 6.07 Å². The molecule has 1 aromatic heterocycles. The van der Waals surface area contributed by atoms with Crippen molar-refractivity contribution >= 4 is 0 Å². The van der Waals surface area contributed by atoms with Gasteiger partial charge in [0.05, 0.1) is 17.8 Å². The van der Waals surface area contributed by atoms with Gasteiger partial charge in [0, 0.05) is 11.8 Å². The van der Waals surface area contributed by atoms with Crippen molar-refractivity contribution in [1.82, 2.24) is 13.9 Å². The maximum absolute atomic E-state index is 13.0. The summed E-state index contributed by atoms with van der Waals surface area (Å²) in [4.78, 5) is 26.0. The van der Waals surface area contributed by atoms with E-state index in [0.29, 0.717) is 35.3 Å². The largest absolute Gasteiger partial charge is 0.353 e. The highest BCUT2D eigenvalue weighted by atomic mass is 16.2. The summed E-state index contributed by atoms with van der Waals surface area (Å²) >= 11 is 0. The Morgan fingerprint density at radius 1 is 0.957 bits per heavy atom. The first-order valence-corrected chi connectivity index (χ1v) is 8.17. The van der Waals surface area contributed by atoms with Crippen molar-refractivity contribution in [3.05, 3.63) is 51.3 Å². The fourth-order valence-electron chi connectivity index (χ4n) is 7.10. The van der Waals surface area contributed by atoms with Gasteiger partial charge in [-0.1, -0.05) is 18.2 Å². The molecule has 3 heterocycles. The van der Waals surface area contributed by atoms with Gasteiger partial charge in [0.1, 0.15) is 0 Å². The molecule has 2 aromatic rings. The Morgan fingerprint density at radius 3 is 2.30 bits per heavy atom. The third-order valence-electron chi connectivity index (χ3n) is 7.60. The van der Waals surface area contributed by atoms with Gasteiger partial charge in [0.15, 0.2) is 5.54 Å². The normalized spacial score (nSPS) is 48.0. The van der Waals surface area contributed by atoms with Crippen molar-refractivity contribution in [3.8, 4) is 11.8 Å². The van der Waals surface area contributed by atoms with E-state index in [1.807, 2.05) is 18.2 Å². The highest BCUT2D eigenvalue weighted by molar-refractivity contribution is 5.46. The second-order valence-electron chi connectivity index (χ2n) is 7.68. The quantitative estimate of drug-likeness (QED) is 0.762. The first-order chi connectivity index (χ1) is 11.2. The lowest BCUT2D eigenvalue weighted by Gasteiger charge is -2.93. The fourth-order valence-corrected chi connectivity index (χ4v) is 7.10. The van der Waals surface area contributed by atoms with Gasteiger partial charge < -0.3 is 0 Å². The molecule has 1 aromatic carbocycles. The Balaban J connectivity index is 1.61. The number of hydrogen-bond acceptors (Lipinski definition) is 3. The second kappa shape index (κ2) is 2.82. The zero-order valence-corrected chi connectivity index (χ0v) is 12.0. The maximum Gasteiger partial charge on any atom is 0.353 e. The number of nitrogens with zero attached hydrogens (tertiary/aromatic N) is 4. The van der Waals surface area contributed by atoms with E-state index >= 15 is 0 Å². The SMILES string of the molecule is N#CC12[C@@H]3C4C5[C@@H]3C([C@@H]5[C@H]41)n1c(=O)n(-c3ccccc3)c(=O)n12. The van der Waals surface area contributed by atoms with Gasteiger partial charge in [-0.3, -0.25) is 0 Å². The number of para-hydroxylation sites is 1. The zero-order valence-electron chi connectivity index (χ0n) is 12.0. The van der Waals surface area contributed by atoms with Crippen LogP contribution in [-0.4, -0.2) is 13.9 Å². The standard InChI is InChI=1S/C17H12N4O2/c18-6-17-12-9-8-10(12)14(11(8)13(9)17)20-15(22)19(16(23)21(17)20)7-4-2-1-3-5-7/h1-5,8-14H/t8?,9?,10-,11-,12-,13+,14?,17?/m0/s1. The van der Waals surface area contributed by atoms with Crippen LogP contribution in [0.4, 0.5) is 0 Å². The van der Waals surface area contributed by atoms with Gasteiger partial charge in [-0.2, -0.15) is 5.26 Å². The molecule has 23 heavy (non-hydrogen) atoms. The van der Waals surface area contributed by atoms with Gasteiger partial charge in [-0.15, -0.1) is 0 Å².